The zero-order chi connectivity index (χ0) is 15.0. The third kappa shape index (κ3) is 5.33. The molecule has 0 aromatic heterocycles. The second-order valence-electron chi connectivity index (χ2n) is 3.76. The Kier molecular flexibility index (Phi) is 6.60. The van der Waals surface area contributed by atoms with Crippen LogP contribution >= 0.6 is 11.8 Å². The lowest BCUT2D eigenvalue weighted by Crippen LogP contribution is -1.96. The van der Waals surface area contributed by atoms with Gasteiger partial charge in [0, 0.05) is 31.2 Å². The Labute approximate surface area is 121 Å². The minimum atomic E-state index is -0.466. The van der Waals surface area contributed by atoms with Crippen LogP contribution in [-0.4, -0.2) is 22.4 Å². The van der Waals surface area contributed by atoms with Gasteiger partial charge in [0.2, 0.25) is 0 Å². The van der Waals surface area contributed by atoms with E-state index in [9.17, 15) is 14.9 Å². The van der Waals surface area contributed by atoms with E-state index < -0.39 is 4.92 Å². The molecule has 0 saturated carbocycles. The van der Waals surface area contributed by atoms with E-state index in [0.717, 1.165) is 0 Å². The average molecular weight is 293 g/mol. The third-order valence-corrected chi connectivity index (χ3v) is 3.04. The Morgan fingerprint density at radius 1 is 1.50 bits per heavy atom. The lowest BCUT2D eigenvalue weighted by Gasteiger charge is -2.05. The lowest BCUT2D eigenvalue weighted by atomic mass is 10.2. The molecule has 6 heteroatoms. The van der Waals surface area contributed by atoms with E-state index in [4.69, 9.17) is 4.74 Å². The minimum absolute atomic E-state index is 0.0177. The van der Waals surface area contributed by atoms with Crippen molar-refractivity contribution in [3.05, 3.63) is 33.9 Å². The predicted molar refractivity (Wildman–Crippen MR) is 78.9 cm³/mol. The number of nitrogens with zero attached hydrogens (tertiary/aromatic N) is 1. The van der Waals surface area contributed by atoms with Gasteiger partial charge in [-0.1, -0.05) is 23.6 Å². The van der Waals surface area contributed by atoms with Crippen LogP contribution in [0.3, 0.4) is 0 Å². The highest BCUT2D eigenvalue weighted by Crippen LogP contribution is 2.23. The minimum Gasteiger partial charge on any atom is -0.493 e. The summed E-state index contributed by atoms with van der Waals surface area (Å²) in [5, 5.41) is 10.8. The van der Waals surface area contributed by atoms with E-state index in [2.05, 4.69) is 11.8 Å². The average Bonchev–Trinajstić information content (AvgIpc) is 2.39. The van der Waals surface area contributed by atoms with Gasteiger partial charge in [0.05, 0.1) is 17.1 Å². The van der Waals surface area contributed by atoms with Crippen LogP contribution in [0.5, 0.6) is 5.75 Å². The normalized spacial score (nSPS) is 9.50. The molecule has 0 spiro atoms. The SMILES string of the molecule is CCOc1ccc([N+](=O)[O-])cc1C#CCCSC(C)=O. The van der Waals surface area contributed by atoms with Crippen molar-refractivity contribution in [2.24, 2.45) is 0 Å². The number of nitro benzene ring substituents is 1. The van der Waals surface area contributed by atoms with Crippen LogP contribution in [-0.2, 0) is 4.79 Å². The van der Waals surface area contributed by atoms with Gasteiger partial charge in [-0.05, 0) is 13.0 Å². The maximum absolute atomic E-state index is 10.8. The van der Waals surface area contributed by atoms with E-state index in [0.29, 0.717) is 30.1 Å². The van der Waals surface area contributed by atoms with E-state index in [1.165, 1.54) is 30.8 Å². The van der Waals surface area contributed by atoms with Gasteiger partial charge in [0.15, 0.2) is 5.12 Å². The zero-order valence-electron chi connectivity index (χ0n) is 11.3. The Hall–Kier alpha value is -2.00. The number of carbonyl (C=O) groups is 1. The second kappa shape index (κ2) is 8.23. The molecule has 0 aliphatic carbocycles. The highest BCUT2D eigenvalue weighted by Gasteiger charge is 2.09. The number of nitro groups is 1. The molecular weight excluding hydrogens is 278 g/mol. The van der Waals surface area contributed by atoms with Gasteiger partial charge in [-0.25, -0.2) is 0 Å². The molecule has 0 atom stereocenters. The van der Waals surface area contributed by atoms with Crippen molar-refractivity contribution in [3.63, 3.8) is 0 Å². The number of benzene rings is 1. The van der Waals surface area contributed by atoms with E-state index in [1.807, 2.05) is 6.92 Å². The fourth-order valence-corrected chi connectivity index (χ4v) is 1.91. The summed E-state index contributed by atoms with van der Waals surface area (Å²) < 4.78 is 5.38. The Balaban J connectivity index is 2.84. The first-order chi connectivity index (χ1) is 9.54. The van der Waals surface area contributed by atoms with Gasteiger partial charge >= 0.3 is 0 Å². The topological polar surface area (TPSA) is 69.4 Å². The molecule has 0 aliphatic heterocycles. The first-order valence-electron chi connectivity index (χ1n) is 6.08. The van der Waals surface area contributed by atoms with Crippen molar-refractivity contribution in [1.29, 1.82) is 0 Å². The number of thioether (sulfide) groups is 1. The van der Waals surface area contributed by atoms with Crippen molar-refractivity contribution in [3.8, 4) is 17.6 Å². The number of non-ortho nitro benzene ring substituents is 1. The fraction of sp³-hybridized carbons (Fsp3) is 0.357. The van der Waals surface area contributed by atoms with Gasteiger partial charge in [0.25, 0.3) is 5.69 Å². The van der Waals surface area contributed by atoms with Crippen LogP contribution in [0.2, 0.25) is 0 Å². The highest BCUT2D eigenvalue weighted by molar-refractivity contribution is 8.13. The van der Waals surface area contributed by atoms with Crippen molar-refractivity contribution in [2.45, 2.75) is 20.3 Å². The van der Waals surface area contributed by atoms with Crippen LogP contribution in [0.4, 0.5) is 5.69 Å². The molecule has 0 heterocycles. The Bertz CT molecular complexity index is 560. The molecule has 0 radical (unpaired) electrons. The van der Waals surface area contributed by atoms with Gasteiger partial charge in [0.1, 0.15) is 5.75 Å². The van der Waals surface area contributed by atoms with Crippen LogP contribution in [0, 0.1) is 22.0 Å². The Morgan fingerprint density at radius 2 is 2.25 bits per heavy atom. The van der Waals surface area contributed by atoms with Crippen molar-refractivity contribution >= 4 is 22.6 Å². The quantitative estimate of drug-likeness (QED) is 0.361. The van der Waals surface area contributed by atoms with Crippen LogP contribution in [0.15, 0.2) is 18.2 Å². The molecule has 106 valence electrons. The first-order valence-corrected chi connectivity index (χ1v) is 7.06. The van der Waals surface area contributed by atoms with E-state index in [-0.39, 0.29) is 10.8 Å². The second-order valence-corrected chi connectivity index (χ2v) is 5.03. The van der Waals surface area contributed by atoms with Crippen LogP contribution in [0.25, 0.3) is 0 Å². The molecule has 0 bridgehead atoms. The molecule has 0 aliphatic rings. The summed E-state index contributed by atoms with van der Waals surface area (Å²) in [5.74, 6) is 6.90. The molecule has 0 unspecified atom stereocenters. The number of ether oxygens (including phenoxy) is 1. The zero-order valence-corrected chi connectivity index (χ0v) is 12.2. The van der Waals surface area contributed by atoms with Crippen molar-refractivity contribution in [2.75, 3.05) is 12.4 Å². The summed E-state index contributed by atoms with van der Waals surface area (Å²) >= 11 is 1.21. The molecule has 20 heavy (non-hydrogen) atoms. The summed E-state index contributed by atoms with van der Waals surface area (Å²) in [6.07, 6.45) is 0.540. The lowest BCUT2D eigenvalue weighted by molar-refractivity contribution is -0.384. The smallest absolute Gasteiger partial charge is 0.270 e. The molecule has 0 amide bonds. The molecule has 5 nitrogen and oxygen atoms in total. The maximum Gasteiger partial charge on any atom is 0.270 e. The molecule has 1 aromatic rings. The number of carbonyl (C=O) groups excluding carboxylic acids is 1. The van der Waals surface area contributed by atoms with Crippen molar-refractivity contribution in [1.82, 2.24) is 0 Å². The summed E-state index contributed by atoms with van der Waals surface area (Å²) in [6.45, 7) is 3.81. The maximum atomic E-state index is 10.8. The standard InChI is InChI=1S/C14H15NO4S/c1-3-19-14-8-7-13(15(17)18)10-12(14)6-4-5-9-20-11(2)16/h7-8,10H,3,5,9H2,1-2H3. The molecule has 1 rings (SSSR count). The third-order valence-electron chi connectivity index (χ3n) is 2.23. The van der Waals surface area contributed by atoms with Gasteiger partial charge in [-0.15, -0.1) is 0 Å². The van der Waals surface area contributed by atoms with Gasteiger partial charge in [-0.2, -0.15) is 0 Å². The van der Waals surface area contributed by atoms with E-state index >= 15 is 0 Å². The largest absolute Gasteiger partial charge is 0.493 e. The van der Waals surface area contributed by atoms with Gasteiger partial charge in [-0.3, -0.25) is 14.9 Å². The van der Waals surface area contributed by atoms with Crippen molar-refractivity contribution < 1.29 is 14.5 Å². The van der Waals surface area contributed by atoms with Gasteiger partial charge < -0.3 is 4.74 Å². The summed E-state index contributed by atoms with van der Waals surface area (Å²) in [4.78, 5) is 21.0. The number of hydrogen-bond donors (Lipinski definition) is 0. The molecule has 1 aromatic carbocycles. The monoisotopic (exact) mass is 293 g/mol. The summed E-state index contributed by atoms with van der Waals surface area (Å²) in [7, 11) is 0. The number of rotatable bonds is 5. The summed E-state index contributed by atoms with van der Waals surface area (Å²) in [6, 6.07) is 4.34. The Morgan fingerprint density at radius 3 is 2.85 bits per heavy atom. The molecule has 0 saturated heterocycles. The number of hydrogen-bond acceptors (Lipinski definition) is 5. The molecule has 0 N–H and O–H groups in total. The molecular formula is C14H15NO4S. The fourth-order valence-electron chi connectivity index (χ4n) is 1.41. The van der Waals surface area contributed by atoms with E-state index in [1.54, 1.807) is 6.07 Å². The van der Waals surface area contributed by atoms with Crippen LogP contribution < -0.4 is 4.74 Å². The predicted octanol–water partition coefficient (Wildman–Crippen LogP) is 3.01. The highest BCUT2D eigenvalue weighted by atomic mass is 32.2. The summed E-state index contributed by atoms with van der Waals surface area (Å²) in [5.41, 5.74) is 0.477. The van der Waals surface area contributed by atoms with Crippen LogP contribution in [0.1, 0.15) is 25.8 Å². The molecule has 0 fully saturated rings. The first kappa shape index (κ1) is 16.1.